The number of benzene rings is 2. The largest absolute Gasteiger partial charge is 0.207 e. The molecule has 0 atom stereocenters. The molecule has 0 bridgehead atoms. The Kier molecular flexibility index (Phi) is 3.38. The van der Waals surface area contributed by atoms with Crippen LogP contribution in [-0.2, 0) is 5.88 Å². The quantitative estimate of drug-likeness (QED) is 0.694. The molecule has 0 aliphatic heterocycles. The van der Waals surface area contributed by atoms with Crippen LogP contribution in [0.25, 0.3) is 11.1 Å². The van der Waals surface area contributed by atoms with E-state index >= 15 is 0 Å². The van der Waals surface area contributed by atoms with Gasteiger partial charge in [0.1, 0.15) is 5.82 Å². The molecule has 2 aromatic carbocycles. The highest BCUT2D eigenvalue weighted by Gasteiger charge is 2.13. The predicted molar refractivity (Wildman–Crippen MR) is 61.3 cm³/mol. The summed E-state index contributed by atoms with van der Waals surface area (Å²) in [6.45, 7) is 0. The molecular formula is C13H8ClF3. The summed E-state index contributed by atoms with van der Waals surface area (Å²) in [4.78, 5) is 0. The lowest BCUT2D eigenvalue weighted by Gasteiger charge is -2.09. The van der Waals surface area contributed by atoms with Gasteiger partial charge >= 0.3 is 0 Å². The maximum absolute atomic E-state index is 13.6. The zero-order valence-corrected chi connectivity index (χ0v) is 9.44. The van der Waals surface area contributed by atoms with Crippen molar-refractivity contribution in [1.82, 2.24) is 0 Å². The highest BCUT2D eigenvalue weighted by Crippen LogP contribution is 2.29. The topological polar surface area (TPSA) is 0 Å². The van der Waals surface area contributed by atoms with Gasteiger partial charge in [-0.15, -0.1) is 11.6 Å². The summed E-state index contributed by atoms with van der Waals surface area (Å²) in [5.74, 6) is -2.37. The van der Waals surface area contributed by atoms with E-state index in [0.29, 0.717) is 5.56 Å². The molecule has 0 aromatic heterocycles. The van der Waals surface area contributed by atoms with Gasteiger partial charge in [-0.05, 0) is 29.3 Å². The minimum absolute atomic E-state index is 0.0140. The van der Waals surface area contributed by atoms with Crippen molar-refractivity contribution in [3.05, 3.63) is 59.4 Å². The predicted octanol–water partition coefficient (Wildman–Crippen LogP) is 4.51. The lowest BCUT2D eigenvalue weighted by Crippen LogP contribution is -1.93. The summed E-state index contributed by atoms with van der Waals surface area (Å²) in [5.41, 5.74) is 0.842. The van der Waals surface area contributed by atoms with Crippen LogP contribution < -0.4 is 0 Å². The summed E-state index contributed by atoms with van der Waals surface area (Å²) in [6, 6.07) is 7.62. The Morgan fingerprint density at radius 3 is 2.41 bits per heavy atom. The van der Waals surface area contributed by atoms with Gasteiger partial charge in [0.05, 0.1) is 0 Å². The van der Waals surface area contributed by atoms with Crippen LogP contribution in [0, 0.1) is 17.5 Å². The van der Waals surface area contributed by atoms with Gasteiger partial charge in [0, 0.05) is 11.4 Å². The van der Waals surface area contributed by atoms with Crippen LogP contribution in [0.5, 0.6) is 0 Å². The second-order valence-corrected chi connectivity index (χ2v) is 3.80. The third-order valence-electron chi connectivity index (χ3n) is 2.46. The van der Waals surface area contributed by atoms with Gasteiger partial charge in [0.2, 0.25) is 0 Å². The highest BCUT2D eigenvalue weighted by atomic mass is 35.5. The molecule has 0 amide bonds. The van der Waals surface area contributed by atoms with E-state index < -0.39 is 17.5 Å². The van der Waals surface area contributed by atoms with Gasteiger partial charge in [-0.2, -0.15) is 0 Å². The molecule has 0 heterocycles. The van der Waals surface area contributed by atoms with Crippen molar-refractivity contribution >= 4 is 11.6 Å². The molecule has 0 radical (unpaired) electrons. The molecule has 4 heteroatoms. The van der Waals surface area contributed by atoms with Gasteiger partial charge in [-0.1, -0.05) is 18.2 Å². The number of hydrogen-bond donors (Lipinski definition) is 0. The van der Waals surface area contributed by atoms with Crippen molar-refractivity contribution in [3.63, 3.8) is 0 Å². The minimum atomic E-state index is -0.996. The summed E-state index contributed by atoms with van der Waals surface area (Å²) in [6.07, 6.45) is 0. The first kappa shape index (κ1) is 12.0. The second-order valence-electron chi connectivity index (χ2n) is 3.54. The summed E-state index contributed by atoms with van der Waals surface area (Å²) < 4.78 is 39.8. The van der Waals surface area contributed by atoms with Crippen molar-refractivity contribution in [2.24, 2.45) is 0 Å². The van der Waals surface area contributed by atoms with E-state index in [9.17, 15) is 13.2 Å². The van der Waals surface area contributed by atoms with Crippen LogP contribution in [0.4, 0.5) is 13.2 Å². The van der Waals surface area contributed by atoms with Crippen LogP contribution in [0.3, 0.4) is 0 Å². The smallest absolute Gasteiger partial charge is 0.166 e. The number of alkyl halides is 1. The molecule has 88 valence electrons. The third-order valence-corrected chi connectivity index (χ3v) is 2.75. The Morgan fingerprint density at radius 1 is 0.941 bits per heavy atom. The van der Waals surface area contributed by atoms with E-state index in [1.54, 1.807) is 0 Å². The van der Waals surface area contributed by atoms with E-state index in [-0.39, 0.29) is 17.0 Å². The molecule has 0 spiro atoms. The first-order valence-electron chi connectivity index (χ1n) is 4.92. The molecule has 0 saturated heterocycles. The van der Waals surface area contributed by atoms with Crippen LogP contribution in [0.1, 0.15) is 5.56 Å². The van der Waals surface area contributed by atoms with Crippen molar-refractivity contribution in [2.45, 2.75) is 5.88 Å². The minimum Gasteiger partial charge on any atom is -0.207 e. The fourth-order valence-corrected chi connectivity index (χ4v) is 1.86. The SMILES string of the molecule is Fc1ccc(CCl)c(-c2cccc(F)c2F)c1. The zero-order valence-electron chi connectivity index (χ0n) is 8.68. The molecule has 2 rings (SSSR count). The molecule has 0 N–H and O–H groups in total. The third kappa shape index (κ3) is 2.29. The van der Waals surface area contributed by atoms with Crippen molar-refractivity contribution in [2.75, 3.05) is 0 Å². The van der Waals surface area contributed by atoms with Gasteiger partial charge in [-0.3, -0.25) is 0 Å². The average molecular weight is 257 g/mol. The van der Waals surface area contributed by atoms with Crippen LogP contribution in [0.2, 0.25) is 0 Å². The Morgan fingerprint density at radius 2 is 1.71 bits per heavy atom. The summed E-state index contributed by atoms with van der Waals surface area (Å²) >= 11 is 5.69. The molecule has 0 saturated carbocycles. The van der Waals surface area contributed by atoms with E-state index in [2.05, 4.69) is 0 Å². The monoisotopic (exact) mass is 256 g/mol. The fourth-order valence-electron chi connectivity index (χ4n) is 1.63. The number of rotatable bonds is 2. The first-order valence-corrected chi connectivity index (χ1v) is 5.45. The highest BCUT2D eigenvalue weighted by molar-refractivity contribution is 6.17. The normalized spacial score (nSPS) is 10.6. The van der Waals surface area contributed by atoms with E-state index in [0.717, 1.165) is 12.1 Å². The first-order chi connectivity index (χ1) is 8.13. The molecule has 0 fully saturated rings. The van der Waals surface area contributed by atoms with Crippen LogP contribution in [0.15, 0.2) is 36.4 Å². The number of halogens is 4. The number of hydrogen-bond acceptors (Lipinski definition) is 0. The Hall–Kier alpha value is -1.48. The van der Waals surface area contributed by atoms with Crippen molar-refractivity contribution < 1.29 is 13.2 Å². The molecule has 0 unspecified atom stereocenters. The molecule has 0 nitrogen and oxygen atoms in total. The van der Waals surface area contributed by atoms with E-state index in [4.69, 9.17) is 11.6 Å². The van der Waals surface area contributed by atoms with Crippen molar-refractivity contribution in [1.29, 1.82) is 0 Å². The Labute approximate surface area is 102 Å². The van der Waals surface area contributed by atoms with Crippen LogP contribution >= 0.6 is 11.6 Å². The van der Waals surface area contributed by atoms with E-state index in [1.165, 1.54) is 24.3 Å². The molecule has 0 aliphatic carbocycles. The molecule has 0 aliphatic rings. The lowest BCUT2D eigenvalue weighted by atomic mass is 10.00. The summed E-state index contributed by atoms with van der Waals surface area (Å²) in [5, 5.41) is 0. The van der Waals surface area contributed by atoms with Gasteiger partial charge in [-0.25, -0.2) is 13.2 Å². The summed E-state index contributed by atoms with van der Waals surface area (Å²) in [7, 11) is 0. The second kappa shape index (κ2) is 4.80. The fraction of sp³-hybridized carbons (Fsp3) is 0.0769. The van der Waals surface area contributed by atoms with E-state index in [1.807, 2.05) is 0 Å². The Balaban J connectivity index is 2.67. The standard InChI is InChI=1S/C13H8ClF3/c14-7-8-4-5-9(15)6-11(8)10-2-1-3-12(16)13(10)17/h1-6H,7H2. The van der Waals surface area contributed by atoms with Gasteiger partial charge < -0.3 is 0 Å². The Bertz CT molecular complexity index is 552. The maximum atomic E-state index is 13.6. The van der Waals surface area contributed by atoms with Gasteiger partial charge in [0.15, 0.2) is 11.6 Å². The van der Waals surface area contributed by atoms with Gasteiger partial charge in [0.25, 0.3) is 0 Å². The molecule has 17 heavy (non-hydrogen) atoms. The lowest BCUT2D eigenvalue weighted by molar-refractivity contribution is 0.511. The maximum Gasteiger partial charge on any atom is 0.166 e. The van der Waals surface area contributed by atoms with Crippen LogP contribution in [-0.4, -0.2) is 0 Å². The van der Waals surface area contributed by atoms with Crippen molar-refractivity contribution in [3.8, 4) is 11.1 Å². The molecule has 2 aromatic rings. The average Bonchev–Trinajstić information content (AvgIpc) is 2.33. The zero-order chi connectivity index (χ0) is 12.4. The molecular weight excluding hydrogens is 249 g/mol.